The summed E-state index contributed by atoms with van der Waals surface area (Å²) in [7, 11) is 0. The van der Waals surface area contributed by atoms with E-state index in [1.165, 1.54) is 17.0 Å². The zero-order valence-electron chi connectivity index (χ0n) is 13.3. The van der Waals surface area contributed by atoms with Crippen LogP contribution in [0.3, 0.4) is 0 Å². The van der Waals surface area contributed by atoms with Crippen LogP contribution >= 0.6 is 11.6 Å². The van der Waals surface area contributed by atoms with Crippen molar-refractivity contribution in [3.05, 3.63) is 64.9 Å². The highest BCUT2D eigenvalue weighted by atomic mass is 35.5. The van der Waals surface area contributed by atoms with Crippen LogP contribution in [0.2, 0.25) is 5.02 Å². The van der Waals surface area contributed by atoms with E-state index in [9.17, 15) is 9.18 Å². The summed E-state index contributed by atoms with van der Waals surface area (Å²) < 4.78 is 12.9. The number of hydrogen-bond donors (Lipinski definition) is 2. The molecule has 0 saturated carbocycles. The number of urea groups is 1. The molecule has 1 aliphatic heterocycles. The molecule has 126 valence electrons. The van der Waals surface area contributed by atoms with Crippen molar-refractivity contribution in [2.45, 2.75) is 6.54 Å². The number of nitrogens with zero attached hydrogens (tertiary/aromatic N) is 1. The van der Waals surface area contributed by atoms with Crippen molar-refractivity contribution in [3.63, 3.8) is 0 Å². The molecule has 0 aliphatic carbocycles. The molecule has 4 nitrogen and oxygen atoms in total. The zero-order chi connectivity index (χ0) is 16.9. The lowest BCUT2D eigenvalue weighted by Gasteiger charge is -2.32. The second-order valence-corrected chi connectivity index (χ2v) is 6.36. The molecule has 2 aromatic rings. The van der Waals surface area contributed by atoms with Crippen LogP contribution in [0, 0.1) is 5.82 Å². The number of benzene rings is 2. The summed E-state index contributed by atoms with van der Waals surface area (Å²) in [6.07, 6.45) is 0. The molecule has 0 aromatic heterocycles. The highest BCUT2D eigenvalue weighted by molar-refractivity contribution is 6.33. The molecule has 3 rings (SSSR count). The predicted molar refractivity (Wildman–Crippen MR) is 92.8 cm³/mol. The van der Waals surface area contributed by atoms with Gasteiger partial charge in [0.2, 0.25) is 0 Å². The van der Waals surface area contributed by atoms with E-state index in [2.05, 4.69) is 5.32 Å². The standard InChI is InChI=1S/C18H19ClFN3O/c19-16-3-1-2-4-17(16)21-18(24)23-11-9-22(10-12-23)13-14-5-7-15(20)8-6-14/h1-8H,9-13H2,(H,21,24)/p+1. The maximum absolute atomic E-state index is 12.9. The molecule has 0 atom stereocenters. The van der Waals surface area contributed by atoms with Gasteiger partial charge in [0.1, 0.15) is 12.4 Å². The third kappa shape index (κ3) is 4.24. The van der Waals surface area contributed by atoms with Gasteiger partial charge in [0.25, 0.3) is 0 Å². The predicted octanol–water partition coefficient (Wildman–Crippen LogP) is 2.41. The van der Waals surface area contributed by atoms with Crippen LogP contribution in [0.5, 0.6) is 0 Å². The summed E-state index contributed by atoms with van der Waals surface area (Å²) in [6.45, 7) is 3.96. The number of piperazine rings is 1. The van der Waals surface area contributed by atoms with E-state index in [4.69, 9.17) is 11.6 Å². The monoisotopic (exact) mass is 348 g/mol. The Bertz CT molecular complexity index is 700. The highest BCUT2D eigenvalue weighted by Crippen LogP contribution is 2.20. The molecule has 6 heteroatoms. The minimum absolute atomic E-state index is 0.121. The number of carbonyl (C=O) groups is 1. The van der Waals surface area contributed by atoms with E-state index in [0.29, 0.717) is 23.8 Å². The first-order valence-electron chi connectivity index (χ1n) is 8.00. The molecule has 2 aromatic carbocycles. The maximum atomic E-state index is 12.9. The van der Waals surface area contributed by atoms with E-state index in [1.807, 2.05) is 24.3 Å². The van der Waals surface area contributed by atoms with Gasteiger partial charge in [-0.05, 0) is 24.3 Å². The fourth-order valence-corrected chi connectivity index (χ4v) is 3.03. The lowest BCUT2D eigenvalue weighted by molar-refractivity contribution is -0.917. The van der Waals surface area contributed by atoms with Gasteiger partial charge < -0.3 is 15.1 Å². The number of quaternary nitrogens is 1. The second-order valence-electron chi connectivity index (χ2n) is 5.95. The van der Waals surface area contributed by atoms with E-state index in [-0.39, 0.29) is 11.8 Å². The average Bonchev–Trinajstić information content (AvgIpc) is 2.59. The topological polar surface area (TPSA) is 36.8 Å². The molecule has 0 radical (unpaired) electrons. The van der Waals surface area contributed by atoms with Crippen LogP contribution in [0.1, 0.15) is 5.56 Å². The number of rotatable bonds is 3. The molecule has 0 spiro atoms. The van der Waals surface area contributed by atoms with Crippen LogP contribution in [-0.2, 0) is 6.54 Å². The van der Waals surface area contributed by atoms with Gasteiger partial charge in [-0.1, -0.05) is 35.9 Å². The molecule has 24 heavy (non-hydrogen) atoms. The first kappa shape index (κ1) is 16.7. The number of carbonyl (C=O) groups excluding carboxylic acids is 1. The van der Waals surface area contributed by atoms with E-state index in [0.717, 1.165) is 25.2 Å². The molecule has 1 saturated heterocycles. The lowest BCUT2D eigenvalue weighted by atomic mass is 10.2. The van der Waals surface area contributed by atoms with Crippen molar-refractivity contribution in [1.82, 2.24) is 4.90 Å². The van der Waals surface area contributed by atoms with Crippen LogP contribution in [-0.4, -0.2) is 37.1 Å². The third-order valence-electron chi connectivity index (χ3n) is 4.24. The largest absolute Gasteiger partial charge is 0.328 e. The SMILES string of the molecule is O=C(Nc1ccccc1Cl)N1CC[NH+](Cc2ccc(F)cc2)CC1. The summed E-state index contributed by atoms with van der Waals surface area (Å²) in [6, 6.07) is 13.7. The van der Waals surface area contributed by atoms with E-state index < -0.39 is 0 Å². The normalized spacial score (nSPS) is 15.3. The van der Waals surface area contributed by atoms with Gasteiger partial charge in [0.05, 0.1) is 36.9 Å². The number of hydrogen-bond acceptors (Lipinski definition) is 1. The smallest absolute Gasteiger partial charge is 0.322 e. The van der Waals surface area contributed by atoms with Gasteiger partial charge in [-0.2, -0.15) is 0 Å². The van der Waals surface area contributed by atoms with Crippen molar-refractivity contribution < 1.29 is 14.1 Å². The minimum atomic E-state index is -0.213. The van der Waals surface area contributed by atoms with Crippen LogP contribution in [0.4, 0.5) is 14.9 Å². The molecule has 0 bridgehead atoms. The van der Waals surface area contributed by atoms with Crippen molar-refractivity contribution >= 4 is 23.3 Å². The molecule has 1 aliphatic rings. The maximum Gasteiger partial charge on any atom is 0.322 e. The van der Waals surface area contributed by atoms with Crippen molar-refractivity contribution in [3.8, 4) is 0 Å². The lowest BCUT2D eigenvalue weighted by Crippen LogP contribution is -3.13. The first-order chi connectivity index (χ1) is 11.6. The van der Waals surface area contributed by atoms with Gasteiger partial charge in [0, 0.05) is 5.56 Å². The summed E-state index contributed by atoms with van der Waals surface area (Å²) in [5.41, 5.74) is 1.74. The number of nitrogens with one attached hydrogen (secondary N) is 2. The van der Waals surface area contributed by atoms with Crippen LogP contribution in [0.15, 0.2) is 48.5 Å². The summed E-state index contributed by atoms with van der Waals surface area (Å²) in [5, 5.41) is 3.39. The Labute approximate surface area is 145 Å². The highest BCUT2D eigenvalue weighted by Gasteiger charge is 2.24. The summed E-state index contributed by atoms with van der Waals surface area (Å²) in [4.78, 5) is 15.5. The van der Waals surface area contributed by atoms with E-state index >= 15 is 0 Å². The Morgan fingerprint density at radius 2 is 1.79 bits per heavy atom. The molecule has 1 heterocycles. The number of halogens is 2. The molecule has 2 N–H and O–H groups in total. The number of para-hydroxylation sites is 1. The quantitative estimate of drug-likeness (QED) is 0.878. The molecular formula is C18H20ClFN3O+. The molecule has 1 fully saturated rings. The van der Waals surface area contributed by atoms with Gasteiger partial charge >= 0.3 is 6.03 Å². The van der Waals surface area contributed by atoms with Crippen molar-refractivity contribution in [2.75, 3.05) is 31.5 Å². The van der Waals surface area contributed by atoms with Gasteiger partial charge in [-0.15, -0.1) is 0 Å². The molecule has 0 unspecified atom stereocenters. The second kappa shape index (κ2) is 7.64. The van der Waals surface area contributed by atoms with Gasteiger partial charge in [0.15, 0.2) is 0 Å². The van der Waals surface area contributed by atoms with Crippen molar-refractivity contribution in [2.24, 2.45) is 0 Å². The van der Waals surface area contributed by atoms with E-state index in [1.54, 1.807) is 17.0 Å². The van der Waals surface area contributed by atoms with Gasteiger partial charge in [-0.3, -0.25) is 0 Å². The first-order valence-corrected chi connectivity index (χ1v) is 8.38. The number of anilines is 1. The van der Waals surface area contributed by atoms with Crippen molar-refractivity contribution in [1.29, 1.82) is 0 Å². The molecule has 2 amide bonds. The zero-order valence-corrected chi connectivity index (χ0v) is 14.0. The summed E-state index contributed by atoms with van der Waals surface area (Å²) in [5.74, 6) is -0.213. The Kier molecular flexibility index (Phi) is 5.33. The Hall–Kier alpha value is -2.11. The average molecular weight is 349 g/mol. The Morgan fingerprint density at radius 1 is 1.12 bits per heavy atom. The fourth-order valence-electron chi connectivity index (χ4n) is 2.85. The van der Waals surface area contributed by atoms with Crippen LogP contribution in [0.25, 0.3) is 0 Å². The third-order valence-corrected chi connectivity index (χ3v) is 4.57. The Morgan fingerprint density at radius 3 is 2.46 bits per heavy atom. The fraction of sp³-hybridized carbons (Fsp3) is 0.278. The number of amides is 2. The molecular weight excluding hydrogens is 329 g/mol. The minimum Gasteiger partial charge on any atom is -0.328 e. The Balaban J connectivity index is 1.50. The van der Waals surface area contributed by atoms with Gasteiger partial charge in [-0.25, -0.2) is 9.18 Å². The summed E-state index contributed by atoms with van der Waals surface area (Å²) >= 11 is 6.07. The van der Waals surface area contributed by atoms with Crippen LogP contribution < -0.4 is 10.2 Å².